The molecule has 98 valence electrons. The van der Waals surface area contributed by atoms with Gasteiger partial charge in [-0.3, -0.25) is 5.32 Å². The predicted molar refractivity (Wildman–Crippen MR) is 69.6 cm³/mol. The van der Waals surface area contributed by atoms with Crippen LogP contribution in [-0.2, 0) is 4.74 Å². The molecule has 5 nitrogen and oxygen atoms in total. The van der Waals surface area contributed by atoms with Crippen molar-refractivity contribution in [3.8, 4) is 0 Å². The second kappa shape index (κ2) is 5.35. The van der Waals surface area contributed by atoms with Gasteiger partial charge in [0.2, 0.25) is 0 Å². The number of nitrogens with zero attached hydrogens (tertiary/aromatic N) is 1. The van der Waals surface area contributed by atoms with Crippen molar-refractivity contribution in [3.63, 3.8) is 0 Å². The lowest BCUT2D eigenvalue weighted by atomic mass is 9.80. The van der Waals surface area contributed by atoms with Crippen LogP contribution in [0.3, 0.4) is 0 Å². The van der Waals surface area contributed by atoms with Crippen molar-refractivity contribution in [2.45, 2.75) is 31.8 Å². The van der Waals surface area contributed by atoms with Gasteiger partial charge in [-0.2, -0.15) is 0 Å². The van der Waals surface area contributed by atoms with Gasteiger partial charge in [0, 0.05) is 19.9 Å². The van der Waals surface area contributed by atoms with E-state index < -0.39 is 0 Å². The Morgan fingerprint density at radius 1 is 1.56 bits per heavy atom. The molecular formula is C13H19N3O2. The largest absolute Gasteiger partial charge is 0.376 e. The lowest BCUT2D eigenvalue weighted by Crippen LogP contribution is -2.50. The van der Waals surface area contributed by atoms with Crippen LogP contribution in [0.4, 0.5) is 10.6 Å². The topological polar surface area (TPSA) is 63.2 Å². The van der Waals surface area contributed by atoms with Crippen LogP contribution in [-0.4, -0.2) is 30.3 Å². The molecule has 0 unspecified atom stereocenters. The summed E-state index contributed by atoms with van der Waals surface area (Å²) >= 11 is 0. The molecule has 2 amide bonds. The van der Waals surface area contributed by atoms with Gasteiger partial charge >= 0.3 is 6.03 Å². The minimum Gasteiger partial charge on any atom is -0.376 e. The van der Waals surface area contributed by atoms with Gasteiger partial charge in [-0.1, -0.05) is 0 Å². The molecule has 0 spiro atoms. The summed E-state index contributed by atoms with van der Waals surface area (Å²) in [6, 6.07) is 3.48. The smallest absolute Gasteiger partial charge is 0.320 e. The molecule has 18 heavy (non-hydrogen) atoms. The average Bonchev–Trinajstić information content (AvgIpc) is 2.28. The molecular weight excluding hydrogens is 230 g/mol. The Morgan fingerprint density at radius 2 is 2.33 bits per heavy atom. The lowest BCUT2D eigenvalue weighted by molar-refractivity contribution is -0.0671. The van der Waals surface area contributed by atoms with Crippen LogP contribution in [0, 0.1) is 6.92 Å². The van der Waals surface area contributed by atoms with E-state index in [0.29, 0.717) is 12.4 Å². The number of anilines is 1. The number of nitrogens with one attached hydrogen (secondary N) is 2. The number of methoxy groups -OCH3 is 1. The van der Waals surface area contributed by atoms with Crippen LogP contribution in [0.15, 0.2) is 18.3 Å². The molecule has 0 bridgehead atoms. The Kier molecular flexibility index (Phi) is 3.81. The number of rotatable bonds is 4. The van der Waals surface area contributed by atoms with Crippen molar-refractivity contribution in [3.05, 3.63) is 23.9 Å². The molecule has 1 aromatic heterocycles. The van der Waals surface area contributed by atoms with Crippen LogP contribution < -0.4 is 10.6 Å². The second-order valence-corrected chi connectivity index (χ2v) is 4.77. The Morgan fingerprint density at radius 3 is 2.89 bits per heavy atom. The molecule has 1 fully saturated rings. The van der Waals surface area contributed by atoms with Crippen LogP contribution in [0.1, 0.15) is 24.8 Å². The number of ether oxygens (including phenoxy) is 1. The molecule has 1 aromatic rings. The summed E-state index contributed by atoms with van der Waals surface area (Å²) in [5.41, 5.74) is 0.907. The van der Waals surface area contributed by atoms with Crippen LogP contribution in [0.2, 0.25) is 0 Å². The van der Waals surface area contributed by atoms with Crippen molar-refractivity contribution in [2.75, 3.05) is 19.0 Å². The quantitative estimate of drug-likeness (QED) is 0.858. The van der Waals surface area contributed by atoms with Crippen molar-refractivity contribution in [1.82, 2.24) is 10.3 Å². The van der Waals surface area contributed by atoms with E-state index in [4.69, 9.17) is 4.74 Å². The predicted octanol–water partition coefficient (Wildman–Crippen LogP) is 2.08. The Balaban J connectivity index is 1.82. The number of pyridine rings is 1. The SMILES string of the molecule is COC1(CNC(=O)Nc2cc(C)ccn2)CCC1. The summed E-state index contributed by atoms with van der Waals surface area (Å²) in [6.07, 6.45) is 4.85. The number of aryl methyl sites for hydroxylation is 1. The van der Waals surface area contributed by atoms with Crippen LogP contribution in [0.5, 0.6) is 0 Å². The minimum absolute atomic E-state index is 0.155. The number of hydrogen-bond donors (Lipinski definition) is 2. The van der Waals surface area contributed by atoms with E-state index in [1.807, 2.05) is 19.1 Å². The lowest BCUT2D eigenvalue weighted by Gasteiger charge is -2.40. The number of urea groups is 1. The Labute approximate surface area is 107 Å². The molecule has 0 saturated heterocycles. The zero-order valence-electron chi connectivity index (χ0n) is 10.8. The summed E-state index contributed by atoms with van der Waals surface area (Å²) in [5.74, 6) is 0.563. The zero-order chi connectivity index (χ0) is 13.0. The van der Waals surface area contributed by atoms with Crippen molar-refractivity contribution < 1.29 is 9.53 Å². The first-order chi connectivity index (χ1) is 8.63. The third kappa shape index (κ3) is 2.98. The average molecular weight is 249 g/mol. The van der Waals surface area contributed by atoms with E-state index in [9.17, 15) is 4.79 Å². The molecule has 1 saturated carbocycles. The number of carbonyl (C=O) groups excluding carboxylic acids is 1. The number of aromatic nitrogens is 1. The van der Waals surface area contributed by atoms with E-state index >= 15 is 0 Å². The third-order valence-electron chi connectivity index (χ3n) is 3.43. The zero-order valence-corrected chi connectivity index (χ0v) is 10.8. The van der Waals surface area contributed by atoms with E-state index in [-0.39, 0.29) is 11.6 Å². The first kappa shape index (κ1) is 12.8. The monoisotopic (exact) mass is 249 g/mol. The summed E-state index contributed by atoms with van der Waals surface area (Å²) in [4.78, 5) is 15.8. The second-order valence-electron chi connectivity index (χ2n) is 4.77. The fourth-order valence-corrected chi connectivity index (χ4v) is 2.03. The first-order valence-corrected chi connectivity index (χ1v) is 6.16. The van der Waals surface area contributed by atoms with Gasteiger partial charge in [0.05, 0.1) is 5.60 Å². The third-order valence-corrected chi connectivity index (χ3v) is 3.43. The normalized spacial score (nSPS) is 16.8. The first-order valence-electron chi connectivity index (χ1n) is 6.16. The van der Waals surface area contributed by atoms with Gasteiger partial charge < -0.3 is 10.1 Å². The Bertz CT molecular complexity index is 424. The van der Waals surface area contributed by atoms with Crippen molar-refractivity contribution in [1.29, 1.82) is 0 Å². The number of amides is 2. The van der Waals surface area contributed by atoms with Gasteiger partial charge in [-0.15, -0.1) is 0 Å². The van der Waals surface area contributed by atoms with Crippen LogP contribution >= 0.6 is 0 Å². The highest BCUT2D eigenvalue weighted by Gasteiger charge is 2.37. The molecule has 0 aliphatic heterocycles. The van der Waals surface area contributed by atoms with E-state index in [1.54, 1.807) is 13.3 Å². The van der Waals surface area contributed by atoms with Crippen molar-refractivity contribution in [2.24, 2.45) is 0 Å². The highest BCUT2D eigenvalue weighted by molar-refractivity contribution is 5.88. The molecule has 1 heterocycles. The molecule has 1 aliphatic rings. The van der Waals surface area contributed by atoms with Gasteiger partial charge in [0.15, 0.2) is 0 Å². The molecule has 0 radical (unpaired) electrons. The van der Waals surface area contributed by atoms with E-state index in [0.717, 1.165) is 24.8 Å². The van der Waals surface area contributed by atoms with Crippen LogP contribution in [0.25, 0.3) is 0 Å². The van der Waals surface area contributed by atoms with Gasteiger partial charge in [0.1, 0.15) is 5.82 Å². The summed E-state index contributed by atoms with van der Waals surface area (Å²) in [5, 5.41) is 5.54. The molecule has 5 heteroatoms. The maximum Gasteiger partial charge on any atom is 0.320 e. The highest BCUT2D eigenvalue weighted by Crippen LogP contribution is 2.34. The van der Waals surface area contributed by atoms with E-state index in [2.05, 4.69) is 15.6 Å². The molecule has 0 atom stereocenters. The number of carbonyl (C=O) groups is 1. The maximum atomic E-state index is 11.7. The molecule has 2 rings (SSSR count). The highest BCUT2D eigenvalue weighted by atomic mass is 16.5. The summed E-state index contributed by atoms with van der Waals surface area (Å²) in [7, 11) is 1.70. The van der Waals surface area contributed by atoms with Gasteiger partial charge in [0.25, 0.3) is 0 Å². The maximum absolute atomic E-state index is 11.7. The van der Waals surface area contributed by atoms with Crippen molar-refractivity contribution >= 4 is 11.8 Å². The summed E-state index contributed by atoms with van der Waals surface area (Å²) < 4.78 is 5.44. The van der Waals surface area contributed by atoms with Gasteiger partial charge in [-0.25, -0.2) is 9.78 Å². The molecule has 2 N–H and O–H groups in total. The minimum atomic E-state index is -0.239. The fourth-order valence-electron chi connectivity index (χ4n) is 2.03. The van der Waals surface area contributed by atoms with E-state index in [1.165, 1.54) is 0 Å². The Hall–Kier alpha value is -1.62. The van der Waals surface area contributed by atoms with Gasteiger partial charge in [-0.05, 0) is 43.9 Å². The fraction of sp³-hybridized carbons (Fsp3) is 0.538. The standard InChI is InChI=1S/C13H19N3O2/c1-10-4-7-14-11(8-10)16-12(17)15-9-13(18-2)5-3-6-13/h4,7-8H,3,5-6,9H2,1-2H3,(H2,14,15,16,17). The number of hydrogen-bond acceptors (Lipinski definition) is 3. The molecule has 0 aromatic carbocycles. The molecule has 1 aliphatic carbocycles. The summed E-state index contributed by atoms with van der Waals surface area (Å²) in [6.45, 7) is 2.50.